The van der Waals surface area contributed by atoms with Gasteiger partial charge in [-0.05, 0) is 12.8 Å². The number of hydrogen-bond donors (Lipinski definition) is 1. The van der Waals surface area contributed by atoms with Crippen molar-refractivity contribution in [2.45, 2.75) is 32.7 Å². The van der Waals surface area contributed by atoms with Crippen LogP contribution in [0.4, 0.5) is 5.82 Å². The van der Waals surface area contributed by atoms with Crippen LogP contribution in [-0.2, 0) is 4.74 Å². The summed E-state index contributed by atoms with van der Waals surface area (Å²) in [7, 11) is 1.80. The zero-order valence-electron chi connectivity index (χ0n) is 14.9. The van der Waals surface area contributed by atoms with Gasteiger partial charge in [0.2, 0.25) is 5.76 Å². The zero-order valence-corrected chi connectivity index (χ0v) is 14.9. The highest BCUT2D eigenvalue weighted by Crippen LogP contribution is 2.26. The van der Waals surface area contributed by atoms with Crippen LogP contribution >= 0.6 is 0 Å². The molecule has 2 aromatic rings. The average Bonchev–Trinajstić information content (AvgIpc) is 3.11. The number of carbonyl (C=O) groups is 1. The quantitative estimate of drug-likeness (QED) is 0.907. The van der Waals surface area contributed by atoms with E-state index in [-0.39, 0.29) is 23.6 Å². The zero-order chi connectivity index (χ0) is 18.0. The first kappa shape index (κ1) is 17.3. The van der Waals surface area contributed by atoms with E-state index >= 15 is 0 Å². The van der Waals surface area contributed by atoms with Gasteiger partial charge in [-0.15, -0.1) is 0 Å². The first-order valence-corrected chi connectivity index (χ1v) is 8.38. The van der Waals surface area contributed by atoms with Crippen LogP contribution in [0.25, 0.3) is 0 Å². The number of aromatic nitrogens is 3. The van der Waals surface area contributed by atoms with Crippen molar-refractivity contribution in [3.8, 4) is 0 Å². The molecule has 1 aliphatic heterocycles. The minimum atomic E-state index is -0.360. The predicted octanol–water partition coefficient (Wildman–Crippen LogP) is 2.15. The van der Waals surface area contributed by atoms with E-state index in [4.69, 9.17) is 9.26 Å². The van der Waals surface area contributed by atoms with Gasteiger partial charge < -0.3 is 19.5 Å². The first-order chi connectivity index (χ1) is 12.0. The monoisotopic (exact) mass is 345 g/mol. The molecule has 1 saturated heterocycles. The molecule has 1 aliphatic rings. The Morgan fingerprint density at radius 3 is 2.84 bits per heavy atom. The Kier molecular flexibility index (Phi) is 4.98. The number of aryl methyl sites for hydroxylation is 1. The number of morpholine rings is 1. The van der Waals surface area contributed by atoms with Gasteiger partial charge in [0.05, 0.1) is 18.9 Å². The lowest BCUT2D eigenvalue weighted by Crippen LogP contribution is -2.44. The average molecular weight is 345 g/mol. The van der Waals surface area contributed by atoms with Gasteiger partial charge in [0, 0.05) is 31.4 Å². The molecule has 0 spiro atoms. The highest BCUT2D eigenvalue weighted by Gasteiger charge is 2.33. The molecule has 1 fully saturated rings. The molecule has 3 rings (SSSR count). The number of nitrogens with one attached hydrogen (secondary N) is 1. The van der Waals surface area contributed by atoms with Crippen molar-refractivity contribution in [2.75, 3.05) is 32.1 Å². The van der Waals surface area contributed by atoms with Crippen molar-refractivity contribution in [1.29, 1.82) is 0 Å². The largest absolute Gasteiger partial charge is 0.377 e. The molecule has 8 heteroatoms. The topological polar surface area (TPSA) is 93.4 Å². The van der Waals surface area contributed by atoms with Gasteiger partial charge in [-0.25, -0.2) is 9.97 Å². The van der Waals surface area contributed by atoms with Gasteiger partial charge in [-0.2, -0.15) is 0 Å². The molecule has 1 amide bonds. The number of amides is 1. The Morgan fingerprint density at radius 1 is 1.36 bits per heavy atom. The van der Waals surface area contributed by atoms with Crippen LogP contribution in [0.5, 0.6) is 0 Å². The second-order valence-corrected chi connectivity index (χ2v) is 6.36. The summed E-state index contributed by atoms with van der Waals surface area (Å²) in [6, 6.07) is 3.20. The van der Waals surface area contributed by atoms with Gasteiger partial charge in [0.25, 0.3) is 5.91 Å². The molecule has 25 heavy (non-hydrogen) atoms. The van der Waals surface area contributed by atoms with E-state index in [1.54, 1.807) is 18.0 Å². The van der Waals surface area contributed by atoms with Crippen LogP contribution < -0.4 is 5.32 Å². The normalized spacial score (nSPS) is 17.8. The molecule has 8 nitrogen and oxygen atoms in total. The number of ether oxygens (including phenoxy) is 1. The highest BCUT2D eigenvalue weighted by molar-refractivity contribution is 5.91. The van der Waals surface area contributed by atoms with Crippen molar-refractivity contribution < 1.29 is 14.1 Å². The molecule has 0 aromatic carbocycles. The van der Waals surface area contributed by atoms with E-state index in [2.05, 4.69) is 20.4 Å². The molecule has 0 bridgehead atoms. The SMILES string of the molecule is CNc1cc(C)nc([C@H]2COCCN2C(=O)c2cc(C(C)C)no2)n1. The van der Waals surface area contributed by atoms with Crippen molar-refractivity contribution in [1.82, 2.24) is 20.0 Å². The summed E-state index contributed by atoms with van der Waals surface area (Å²) in [5.74, 6) is 1.48. The second-order valence-electron chi connectivity index (χ2n) is 6.36. The van der Waals surface area contributed by atoms with E-state index in [0.29, 0.717) is 31.4 Å². The third kappa shape index (κ3) is 3.63. The summed E-state index contributed by atoms with van der Waals surface area (Å²) in [5.41, 5.74) is 1.59. The van der Waals surface area contributed by atoms with Crippen molar-refractivity contribution in [3.63, 3.8) is 0 Å². The summed E-state index contributed by atoms with van der Waals surface area (Å²) in [4.78, 5) is 23.6. The smallest absolute Gasteiger partial charge is 0.293 e. The third-order valence-electron chi connectivity index (χ3n) is 4.15. The molecule has 1 atom stereocenters. The van der Waals surface area contributed by atoms with Crippen LogP contribution in [0.2, 0.25) is 0 Å². The Morgan fingerprint density at radius 2 is 2.16 bits per heavy atom. The maximum absolute atomic E-state index is 12.9. The number of nitrogens with zero attached hydrogens (tertiary/aromatic N) is 4. The molecular weight excluding hydrogens is 322 g/mol. The Labute approximate surface area is 146 Å². The predicted molar refractivity (Wildman–Crippen MR) is 91.5 cm³/mol. The standard InChI is InChI=1S/C17H23N5O3/c1-10(2)12-8-14(25-21-12)17(23)22-5-6-24-9-13(22)16-19-11(3)7-15(18-4)20-16/h7-8,10,13H,5-6,9H2,1-4H3,(H,18,19,20)/t13-/m1/s1. The number of rotatable bonds is 4. The lowest BCUT2D eigenvalue weighted by atomic mass is 10.1. The molecule has 0 unspecified atom stereocenters. The van der Waals surface area contributed by atoms with Crippen LogP contribution in [0.3, 0.4) is 0 Å². The number of hydrogen-bond acceptors (Lipinski definition) is 7. The molecular formula is C17H23N5O3. The van der Waals surface area contributed by atoms with E-state index in [1.807, 2.05) is 26.8 Å². The molecule has 0 radical (unpaired) electrons. The maximum Gasteiger partial charge on any atom is 0.293 e. The lowest BCUT2D eigenvalue weighted by Gasteiger charge is -2.34. The fraction of sp³-hybridized carbons (Fsp3) is 0.529. The Bertz CT molecular complexity index is 758. The van der Waals surface area contributed by atoms with Crippen LogP contribution in [0.1, 0.15) is 53.6 Å². The molecule has 1 N–H and O–H groups in total. The van der Waals surface area contributed by atoms with Crippen LogP contribution in [0.15, 0.2) is 16.7 Å². The van der Waals surface area contributed by atoms with E-state index in [9.17, 15) is 4.79 Å². The van der Waals surface area contributed by atoms with E-state index < -0.39 is 0 Å². The van der Waals surface area contributed by atoms with Crippen molar-refractivity contribution in [2.24, 2.45) is 0 Å². The number of carbonyl (C=O) groups excluding carboxylic acids is 1. The summed E-state index contributed by atoms with van der Waals surface area (Å²) in [6.07, 6.45) is 0. The summed E-state index contributed by atoms with van der Waals surface area (Å²) in [6.45, 7) is 7.18. The molecule has 134 valence electrons. The van der Waals surface area contributed by atoms with Crippen molar-refractivity contribution >= 4 is 11.7 Å². The number of anilines is 1. The van der Waals surface area contributed by atoms with Gasteiger partial charge >= 0.3 is 0 Å². The molecule has 3 heterocycles. The van der Waals surface area contributed by atoms with Gasteiger partial charge in [0.15, 0.2) is 5.82 Å². The minimum absolute atomic E-state index is 0.198. The van der Waals surface area contributed by atoms with Gasteiger partial charge in [-0.1, -0.05) is 19.0 Å². The van der Waals surface area contributed by atoms with Crippen LogP contribution in [-0.4, -0.2) is 52.7 Å². The van der Waals surface area contributed by atoms with Crippen molar-refractivity contribution in [3.05, 3.63) is 35.1 Å². The molecule has 2 aromatic heterocycles. The fourth-order valence-corrected chi connectivity index (χ4v) is 2.73. The van der Waals surface area contributed by atoms with Crippen LogP contribution in [0, 0.1) is 6.92 Å². The first-order valence-electron chi connectivity index (χ1n) is 8.38. The summed E-state index contributed by atoms with van der Waals surface area (Å²) >= 11 is 0. The van der Waals surface area contributed by atoms with E-state index in [0.717, 1.165) is 11.4 Å². The maximum atomic E-state index is 12.9. The van der Waals surface area contributed by atoms with Gasteiger partial charge in [0.1, 0.15) is 11.9 Å². The second kappa shape index (κ2) is 7.18. The molecule has 0 aliphatic carbocycles. The van der Waals surface area contributed by atoms with E-state index in [1.165, 1.54) is 0 Å². The minimum Gasteiger partial charge on any atom is -0.377 e. The third-order valence-corrected chi connectivity index (χ3v) is 4.15. The summed E-state index contributed by atoms with van der Waals surface area (Å²) < 4.78 is 10.8. The fourth-order valence-electron chi connectivity index (χ4n) is 2.73. The highest BCUT2D eigenvalue weighted by atomic mass is 16.5. The molecule has 0 saturated carbocycles. The lowest BCUT2D eigenvalue weighted by molar-refractivity contribution is -0.00713. The Balaban J connectivity index is 1.90. The Hall–Kier alpha value is -2.48. The summed E-state index contributed by atoms with van der Waals surface area (Å²) in [5, 5.41) is 6.99. The van der Waals surface area contributed by atoms with Gasteiger partial charge in [-0.3, -0.25) is 4.79 Å².